The van der Waals surface area contributed by atoms with Gasteiger partial charge in [-0.15, -0.1) is 0 Å². The molecule has 0 aliphatic carbocycles. The molecule has 1 amide bonds. The molecule has 1 atom stereocenters. The van der Waals surface area contributed by atoms with Crippen molar-refractivity contribution in [1.29, 1.82) is 0 Å². The minimum Gasteiger partial charge on any atom is -0.508 e. The van der Waals surface area contributed by atoms with Gasteiger partial charge in [0.25, 0.3) is 11.7 Å². The number of hydrogen-bond acceptors (Lipinski definition) is 7. The van der Waals surface area contributed by atoms with E-state index in [4.69, 9.17) is 4.74 Å². The molecule has 1 heterocycles. The lowest BCUT2D eigenvalue weighted by Gasteiger charge is -2.25. The van der Waals surface area contributed by atoms with Gasteiger partial charge in [0.15, 0.2) is 0 Å². The quantitative estimate of drug-likeness (QED) is 0.243. The highest BCUT2D eigenvalue weighted by atomic mass is 16.5. The number of anilines is 1. The molecule has 2 N–H and O–H groups in total. The number of ketones is 1. The Kier molecular flexibility index (Phi) is 6.55. The molecule has 0 bridgehead atoms. The van der Waals surface area contributed by atoms with Gasteiger partial charge in [-0.1, -0.05) is 36.4 Å². The Hall–Kier alpha value is -4.59. The van der Waals surface area contributed by atoms with Crippen LogP contribution >= 0.6 is 0 Å². The van der Waals surface area contributed by atoms with Crippen LogP contribution in [0.25, 0.3) is 5.76 Å². The van der Waals surface area contributed by atoms with Crippen LogP contribution in [-0.4, -0.2) is 42.1 Å². The highest BCUT2D eigenvalue weighted by Crippen LogP contribution is 2.42. The summed E-state index contributed by atoms with van der Waals surface area (Å²) >= 11 is 0. The fraction of sp³-hybridized carbons (Fsp3) is 0.148. The third kappa shape index (κ3) is 4.59. The Bertz CT molecular complexity index is 1310. The molecule has 1 unspecified atom stereocenters. The van der Waals surface area contributed by atoms with Crippen molar-refractivity contribution in [1.82, 2.24) is 0 Å². The molecule has 8 nitrogen and oxygen atoms in total. The SMILES string of the molecule is COC(=O)Cc1ccc(N2C(=O)C(=O)/C(=C(\O)c3cccc(OC)c3)C2c2ccc(O)cc2)cc1. The van der Waals surface area contributed by atoms with Crippen LogP contribution in [0.1, 0.15) is 22.7 Å². The van der Waals surface area contributed by atoms with E-state index < -0.39 is 23.7 Å². The van der Waals surface area contributed by atoms with Crippen LogP contribution < -0.4 is 9.64 Å². The third-order valence-electron chi connectivity index (χ3n) is 5.79. The van der Waals surface area contributed by atoms with E-state index in [9.17, 15) is 24.6 Å². The number of esters is 1. The van der Waals surface area contributed by atoms with Crippen molar-refractivity contribution in [2.24, 2.45) is 0 Å². The first-order chi connectivity index (χ1) is 16.8. The molecule has 3 aromatic rings. The van der Waals surface area contributed by atoms with Crippen molar-refractivity contribution in [3.8, 4) is 11.5 Å². The summed E-state index contributed by atoms with van der Waals surface area (Å²) in [6.07, 6.45) is 0.0623. The summed E-state index contributed by atoms with van der Waals surface area (Å²) in [5, 5.41) is 20.9. The maximum atomic E-state index is 13.2. The van der Waals surface area contributed by atoms with E-state index in [-0.39, 0.29) is 23.5 Å². The summed E-state index contributed by atoms with van der Waals surface area (Å²) < 4.78 is 9.91. The predicted octanol–water partition coefficient (Wildman–Crippen LogP) is 3.74. The van der Waals surface area contributed by atoms with E-state index in [1.165, 1.54) is 31.3 Å². The first-order valence-electron chi connectivity index (χ1n) is 10.7. The van der Waals surface area contributed by atoms with Crippen LogP contribution in [0.5, 0.6) is 11.5 Å². The molecule has 4 rings (SSSR count). The lowest BCUT2D eigenvalue weighted by atomic mass is 9.95. The van der Waals surface area contributed by atoms with Gasteiger partial charge in [-0.05, 0) is 47.5 Å². The molecule has 178 valence electrons. The number of ether oxygens (including phenoxy) is 2. The first kappa shape index (κ1) is 23.6. The van der Waals surface area contributed by atoms with Gasteiger partial charge in [0.05, 0.1) is 32.3 Å². The Morgan fingerprint density at radius 1 is 0.971 bits per heavy atom. The zero-order valence-corrected chi connectivity index (χ0v) is 19.1. The van der Waals surface area contributed by atoms with Gasteiger partial charge in [0.2, 0.25) is 0 Å². The molecule has 1 fully saturated rings. The number of benzene rings is 3. The predicted molar refractivity (Wildman–Crippen MR) is 128 cm³/mol. The lowest BCUT2D eigenvalue weighted by molar-refractivity contribution is -0.139. The number of aromatic hydroxyl groups is 1. The van der Waals surface area contributed by atoms with E-state index in [0.29, 0.717) is 28.1 Å². The second-order valence-electron chi connectivity index (χ2n) is 7.91. The summed E-state index contributed by atoms with van der Waals surface area (Å²) in [6, 6.07) is 18.2. The summed E-state index contributed by atoms with van der Waals surface area (Å²) in [7, 11) is 2.79. The van der Waals surface area contributed by atoms with Crippen molar-refractivity contribution >= 4 is 29.1 Å². The maximum absolute atomic E-state index is 13.2. The van der Waals surface area contributed by atoms with E-state index in [0.717, 1.165) is 0 Å². The van der Waals surface area contributed by atoms with Gasteiger partial charge in [-0.3, -0.25) is 19.3 Å². The van der Waals surface area contributed by atoms with Crippen LogP contribution in [0.2, 0.25) is 0 Å². The molecule has 1 saturated heterocycles. The van der Waals surface area contributed by atoms with Crippen molar-refractivity contribution in [2.75, 3.05) is 19.1 Å². The van der Waals surface area contributed by atoms with Crippen LogP contribution in [-0.2, 0) is 25.5 Å². The van der Waals surface area contributed by atoms with Crippen LogP contribution in [0, 0.1) is 0 Å². The summed E-state index contributed by atoms with van der Waals surface area (Å²) in [4.78, 5) is 39.3. The molecule has 1 aliphatic rings. The van der Waals surface area contributed by atoms with Crippen LogP contribution in [0.4, 0.5) is 5.69 Å². The van der Waals surface area contributed by atoms with Gasteiger partial charge < -0.3 is 19.7 Å². The van der Waals surface area contributed by atoms with Gasteiger partial charge >= 0.3 is 5.97 Å². The number of hydrogen-bond donors (Lipinski definition) is 2. The van der Waals surface area contributed by atoms with Gasteiger partial charge in [0, 0.05) is 11.3 Å². The van der Waals surface area contributed by atoms with E-state index in [1.54, 1.807) is 60.7 Å². The van der Waals surface area contributed by atoms with Crippen molar-refractivity contribution < 1.29 is 34.1 Å². The molecule has 0 radical (unpaired) electrons. The zero-order chi connectivity index (χ0) is 25.1. The van der Waals surface area contributed by atoms with Gasteiger partial charge in [0.1, 0.15) is 17.3 Å². The van der Waals surface area contributed by atoms with Gasteiger partial charge in [-0.2, -0.15) is 0 Å². The highest BCUT2D eigenvalue weighted by molar-refractivity contribution is 6.51. The molecule has 8 heteroatoms. The monoisotopic (exact) mass is 473 g/mol. The number of carbonyl (C=O) groups excluding carboxylic acids is 3. The number of nitrogens with zero attached hydrogens (tertiary/aromatic N) is 1. The third-order valence-corrected chi connectivity index (χ3v) is 5.79. The molecule has 1 aliphatic heterocycles. The smallest absolute Gasteiger partial charge is 0.309 e. The zero-order valence-electron chi connectivity index (χ0n) is 19.1. The number of phenols is 1. The Morgan fingerprint density at radius 2 is 1.66 bits per heavy atom. The summed E-state index contributed by atoms with van der Waals surface area (Å²) in [5.41, 5.74) is 1.83. The van der Waals surface area contributed by atoms with Crippen molar-refractivity contribution in [3.63, 3.8) is 0 Å². The van der Waals surface area contributed by atoms with Crippen LogP contribution in [0.15, 0.2) is 78.4 Å². The fourth-order valence-corrected chi connectivity index (χ4v) is 4.01. The number of Topliss-reactive ketones (excluding diaryl/α,β-unsaturated/α-hetero) is 1. The Morgan fingerprint density at radius 3 is 2.29 bits per heavy atom. The number of carbonyl (C=O) groups is 3. The van der Waals surface area contributed by atoms with E-state index in [2.05, 4.69) is 4.74 Å². The molecule has 0 aromatic heterocycles. The normalized spacial score (nSPS) is 16.9. The number of aliphatic hydroxyl groups is 1. The average Bonchev–Trinajstić information content (AvgIpc) is 3.14. The number of rotatable bonds is 6. The highest BCUT2D eigenvalue weighted by Gasteiger charge is 2.47. The lowest BCUT2D eigenvalue weighted by Crippen LogP contribution is -2.29. The molecule has 3 aromatic carbocycles. The number of methoxy groups -OCH3 is 2. The topological polar surface area (TPSA) is 113 Å². The molecule has 0 saturated carbocycles. The molecular formula is C27H23NO7. The largest absolute Gasteiger partial charge is 0.508 e. The molecule has 0 spiro atoms. The van der Waals surface area contributed by atoms with E-state index in [1.807, 2.05) is 0 Å². The van der Waals surface area contributed by atoms with Gasteiger partial charge in [-0.25, -0.2) is 0 Å². The minimum absolute atomic E-state index is 0.0191. The second kappa shape index (κ2) is 9.72. The number of phenolic OH excluding ortho intramolecular Hbond substituents is 1. The van der Waals surface area contributed by atoms with Crippen molar-refractivity contribution in [2.45, 2.75) is 12.5 Å². The van der Waals surface area contributed by atoms with Crippen molar-refractivity contribution in [3.05, 3.63) is 95.1 Å². The van der Waals surface area contributed by atoms with Crippen LogP contribution in [0.3, 0.4) is 0 Å². The minimum atomic E-state index is -0.951. The first-order valence-corrected chi connectivity index (χ1v) is 10.7. The Labute approximate surface area is 201 Å². The Balaban J connectivity index is 1.85. The summed E-state index contributed by atoms with van der Waals surface area (Å²) in [5.74, 6) is -1.91. The summed E-state index contributed by atoms with van der Waals surface area (Å²) in [6.45, 7) is 0. The second-order valence-corrected chi connectivity index (χ2v) is 7.91. The van der Waals surface area contributed by atoms with E-state index >= 15 is 0 Å². The maximum Gasteiger partial charge on any atom is 0.309 e. The average molecular weight is 473 g/mol. The standard InChI is InChI=1S/C27H23NO7/c1-34-21-5-3-4-18(15-21)25(31)23-24(17-8-12-20(29)13-9-17)28(27(33)26(23)32)19-10-6-16(7-11-19)14-22(30)35-2/h3-13,15,24,29,31H,14H2,1-2H3/b25-23-. The molecule has 35 heavy (non-hydrogen) atoms. The number of amides is 1. The molecular weight excluding hydrogens is 450 g/mol. The fourth-order valence-electron chi connectivity index (χ4n) is 4.01. The number of aliphatic hydroxyl groups excluding tert-OH is 1.